The summed E-state index contributed by atoms with van der Waals surface area (Å²) in [5, 5.41) is 10.8. The Morgan fingerprint density at radius 1 is 1.13 bits per heavy atom. The summed E-state index contributed by atoms with van der Waals surface area (Å²) in [7, 11) is 0. The number of amides is 1. The summed E-state index contributed by atoms with van der Waals surface area (Å²) < 4.78 is 6.08. The number of aryl methyl sites for hydroxylation is 1. The Hall–Kier alpha value is -2.21. The summed E-state index contributed by atoms with van der Waals surface area (Å²) in [5.41, 5.74) is 4.33. The molecule has 1 fully saturated rings. The highest BCUT2D eigenvalue weighted by Gasteiger charge is 2.24. The van der Waals surface area contributed by atoms with Crippen molar-refractivity contribution < 1.29 is 14.6 Å². The standard InChI is InChI=1S/C25H32N2O3/c1-19(28)27-13-5-8-21-16-22(9-10-24(21)27)25(29)17-26-14-11-23(12-15-26)30-18-20-6-3-2-4-7-20/h2-4,6-7,9-10,16,23,25,29H,5,8,11-15,17-18H2,1H3/t25-/m1/s1. The van der Waals surface area contributed by atoms with Crippen molar-refractivity contribution in [2.24, 2.45) is 0 Å². The molecule has 0 saturated carbocycles. The number of aliphatic hydroxyl groups excluding tert-OH is 1. The maximum absolute atomic E-state index is 11.9. The van der Waals surface area contributed by atoms with E-state index in [1.165, 1.54) is 11.1 Å². The molecule has 1 N–H and O–H groups in total. The first kappa shape index (κ1) is 21.0. The fraction of sp³-hybridized carbons (Fsp3) is 0.480. The third kappa shape index (κ3) is 5.09. The van der Waals surface area contributed by atoms with Crippen LogP contribution in [0.25, 0.3) is 0 Å². The van der Waals surface area contributed by atoms with Crippen molar-refractivity contribution in [2.45, 2.75) is 51.4 Å². The molecule has 5 nitrogen and oxygen atoms in total. The average Bonchev–Trinajstić information content (AvgIpc) is 2.78. The van der Waals surface area contributed by atoms with E-state index in [2.05, 4.69) is 23.1 Å². The SMILES string of the molecule is CC(=O)N1CCCc2cc([C@H](O)CN3CCC(OCc4ccccc4)CC3)ccc21. The summed E-state index contributed by atoms with van der Waals surface area (Å²) in [6.07, 6.45) is 3.71. The van der Waals surface area contributed by atoms with Crippen LogP contribution in [-0.2, 0) is 22.6 Å². The van der Waals surface area contributed by atoms with Gasteiger partial charge in [0.25, 0.3) is 0 Å². The van der Waals surface area contributed by atoms with Crippen LogP contribution >= 0.6 is 0 Å². The Labute approximate surface area is 179 Å². The van der Waals surface area contributed by atoms with E-state index in [0.717, 1.165) is 56.6 Å². The highest BCUT2D eigenvalue weighted by Crippen LogP contribution is 2.30. The molecule has 0 aromatic heterocycles. The first-order valence-corrected chi connectivity index (χ1v) is 11.1. The van der Waals surface area contributed by atoms with Gasteiger partial charge in [0, 0.05) is 38.8 Å². The molecular formula is C25H32N2O3. The first-order valence-electron chi connectivity index (χ1n) is 11.1. The van der Waals surface area contributed by atoms with E-state index < -0.39 is 6.10 Å². The molecule has 30 heavy (non-hydrogen) atoms. The van der Waals surface area contributed by atoms with Crippen LogP contribution in [0.5, 0.6) is 0 Å². The lowest BCUT2D eigenvalue weighted by atomic mass is 9.96. The minimum atomic E-state index is -0.509. The number of hydrogen-bond donors (Lipinski definition) is 1. The molecule has 2 aliphatic rings. The largest absolute Gasteiger partial charge is 0.387 e. The summed E-state index contributed by atoms with van der Waals surface area (Å²) >= 11 is 0. The van der Waals surface area contributed by atoms with E-state index >= 15 is 0 Å². The molecule has 1 atom stereocenters. The van der Waals surface area contributed by atoms with E-state index in [-0.39, 0.29) is 5.91 Å². The van der Waals surface area contributed by atoms with Gasteiger partial charge in [-0.3, -0.25) is 4.79 Å². The van der Waals surface area contributed by atoms with E-state index in [1.807, 2.05) is 35.2 Å². The highest BCUT2D eigenvalue weighted by atomic mass is 16.5. The van der Waals surface area contributed by atoms with E-state index in [1.54, 1.807) is 6.92 Å². The quantitative estimate of drug-likeness (QED) is 0.792. The van der Waals surface area contributed by atoms with Crippen molar-refractivity contribution in [3.63, 3.8) is 0 Å². The number of hydrogen-bond acceptors (Lipinski definition) is 4. The van der Waals surface area contributed by atoms with E-state index in [4.69, 9.17) is 4.74 Å². The zero-order chi connectivity index (χ0) is 20.9. The number of carbonyl (C=O) groups is 1. The van der Waals surface area contributed by atoms with Crippen LogP contribution in [0.3, 0.4) is 0 Å². The predicted octanol–water partition coefficient (Wildman–Crippen LogP) is 3.70. The van der Waals surface area contributed by atoms with Crippen LogP contribution in [0, 0.1) is 0 Å². The molecule has 160 valence electrons. The Morgan fingerprint density at radius 3 is 2.63 bits per heavy atom. The van der Waals surface area contributed by atoms with Crippen molar-refractivity contribution >= 4 is 11.6 Å². The zero-order valence-electron chi connectivity index (χ0n) is 17.8. The van der Waals surface area contributed by atoms with Gasteiger partial charge in [-0.15, -0.1) is 0 Å². The van der Waals surface area contributed by atoms with Crippen LogP contribution < -0.4 is 4.90 Å². The number of aliphatic hydroxyl groups is 1. The van der Waals surface area contributed by atoms with Gasteiger partial charge < -0.3 is 19.6 Å². The second-order valence-corrected chi connectivity index (χ2v) is 8.47. The van der Waals surface area contributed by atoms with Crippen LogP contribution in [0.2, 0.25) is 0 Å². The summed E-state index contributed by atoms with van der Waals surface area (Å²) in [5.74, 6) is 0.0848. The number of nitrogens with zero attached hydrogens (tertiary/aromatic N) is 2. The van der Waals surface area contributed by atoms with Crippen molar-refractivity contribution in [1.29, 1.82) is 0 Å². The Balaban J connectivity index is 1.28. The number of benzene rings is 2. The second kappa shape index (κ2) is 9.73. The molecule has 1 amide bonds. The number of carbonyl (C=O) groups excluding carboxylic acids is 1. The first-order chi connectivity index (χ1) is 14.6. The summed E-state index contributed by atoms with van der Waals surface area (Å²) in [4.78, 5) is 16.0. The smallest absolute Gasteiger partial charge is 0.223 e. The molecule has 2 aliphatic heterocycles. The van der Waals surface area contributed by atoms with Gasteiger partial charge in [-0.2, -0.15) is 0 Å². The number of likely N-dealkylation sites (tertiary alicyclic amines) is 1. The molecule has 2 aromatic rings. The lowest BCUT2D eigenvalue weighted by Gasteiger charge is -2.33. The number of β-amino-alcohol motifs (C(OH)–C–C–N with tert-alkyl or cyclic N) is 1. The molecule has 1 saturated heterocycles. The minimum Gasteiger partial charge on any atom is -0.387 e. The molecule has 0 spiro atoms. The van der Waals surface area contributed by atoms with E-state index in [0.29, 0.717) is 19.3 Å². The molecule has 2 aromatic carbocycles. The van der Waals surface area contributed by atoms with Gasteiger partial charge in [0.2, 0.25) is 5.91 Å². The number of anilines is 1. The normalized spacial score (nSPS) is 18.8. The summed E-state index contributed by atoms with van der Waals surface area (Å²) in [6.45, 7) is 5.59. The molecule has 0 unspecified atom stereocenters. The third-order valence-corrected chi connectivity index (χ3v) is 6.28. The molecule has 5 heteroatoms. The number of rotatable bonds is 6. The van der Waals surface area contributed by atoms with Crippen LogP contribution in [0.1, 0.15) is 49.0 Å². The number of ether oxygens (including phenoxy) is 1. The van der Waals surface area contributed by atoms with Gasteiger partial charge in [0.15, 0.2) is 0 Å². The lowest BCUT2D eigenvalue weighted by Crippen LogP contribution is -2.39. The van der Waals surface area contributed by atoms with Gasteiger partial charge >= 0.3 is 0 Å². The Kier molecular flexibility index (Phi) is 6.82. The number of piperidine rings is 1. The fourth-order valence-electron chi connectivity index (χ4n) is 4.55. The Morgan fingerprint density at radius 2 is 1.90 bits per heavy atom. The van der Waals surface area contributed by atoms with Gasteiger partial charge in [0.05, 0.1) is 18.8 Å². The second-order valence-electron chi connectivity index (χ2n) is 8.47. The van der Waals surface area contributed by atoms with Gasteiger partial charge in [-0.25, -0.2) is 0 Å². The number of fused-ring (bicyclic) bond motifs is 1. The van der Waals surface area contributed by atoms with Crippen molar-refractivity contribution in [2.75, 3.05) is 31.1 Å². The van der Waals surface area contributed by atoms with Gasteiger partial charge in [0.1, 0.15) is 0 Å². The van der Waals surface area contributed by atoms with Crippen LogP contribution in [0.15, 0.2) is 48.5 Å². The minimum absolute atomic E-state index is 0.0848. The van der Waals surface area contributed by atoms with Crippen LogP contribution in [0.4, 0.5) is 5.69 Å². The van der Waals surface area contributed by atoms with E-state index in [9.17, 15) is 9.90 Å². The van der Waals surface area contributed by atoms with Crippen molar-refractivity contribution in [3.8, 4) is 0 Å². The average molecular weight is 409 g/mol. The Bertz CT molecular complexity index is 847. The van der Waals surface area contributed by atoms with Crippen molar-refractivity contribution in [3.05, 3.63) is 65.2 Å². The van der Waals surface area contributed by atoms with Crippen molar-refractivity contribution in [1.82, 2.24) is 4.90 Å². The molecule has 4 rings (SSSR count). The van der Waals surface area contributed by atoms with Crippen LogP contribution in [-0.4, -0.2) is 48.2 Å². The topological polar surface area (TPSA) is 53.0 Å². The molecule has 0 bridgehead atoms. The highest BCUT2D eigenvalue weighted by molar-refractivity contribution is 5.92. The van der Waals surface area contributed by atoms with Gasteiger partial charge in [-0.1, -0.05) is 42.5 Å². The molecule has 2 heterocycles. The molecular weight excluding hydrogens is 376 g/mol. The fourth-order valence-corrected chi connectivity index (χ4v) is 4.55. The van der Waals surface area contributed by atoms with Gasteiger partial charge in [-0.05, 0) is 48.4 Å². The lowest BCUT2D eigenvalue weighted by molar-refractivity contribution is -0.116. The monoisotopic (exact) mass is 408 g/mol. The molecule has 0 radical (unpaired) electrons. The maximum atomic E-state index is 11.9. The maximum Gasteiger partial charge on any atom is 0.223 e. The third-order valence-electron chi connectivity index (χ3n) is 6.28. The zero-order valence-corrected chi connectivity index (χ0v) is 17.8. The predicted molar refractivity (Wildman–Crippen MR) is 118 cm³/mol. The molecule has 0 aliphatic carbocycles. The summed E-state index contributed by atoms with van der Waals surface area (Å²) in [6, 6.07) is 16.4.